The number of aromatic nitrogens is 3. The van der Waals surface area contributed by atoms with Gasteiger partial charge in [0.15, 0.2) is 5.65 Å². The van der Waals surface area contributed by atoms with Gasteiger partial charge in [-0.05, 0) is 37.4 Å². The van der Waals surface area contributed by atoms with Crippen molar-refractivity contribution in [3.05, 3.63) is 48.3 Å². The normalized spacial score (nSPS) is 11.2. The lowest BCUT2D eigenvalue weighted by molar-refractivity contribution is 0.100. The van der Waals surface area contributed by atoms with E-state index in [4.69, 9.17) is 5.73 Å². The van der Waals surface area contributed by atoms with Gasteiger partial charge in [-0.15, -0.1) is 5.10 Å². The molecule has 2 aromatic heterocycles. The molecule has 7 heteroatoms. The average molecular weight is 351 g/mol. The number of primary amides is 1. The highest BCUT2D eigenvalue weighted by atomic mass is 16.1. The first kappa shape index (κ1) is 17.9. The van der Waals surface area contributed by atoms with E-state index in [1.807, 2.05) is 30.3 Å². The molecule has 0 unspecified atom stereocenters. The third kappa shape index (κ3) is 3.67. The third-order valence-corrected chi connectivity index (χ3v) is 4.48. The number of hydrogen-bond acceptors (Lipinski definition) is 5. The molecule has 3 N–H and O–H groups in total. The molecule has 3 rings (SSSR count). The summed E-state index contributed by atoms with van der Waals surface area (Å²) in [6, 6.07) is 11.6. The van der Waals surface area contributed by atoms with Crippen LogP contribution < -0.4 is 11.1 Å². The molecule has 2 heterocycles. The highest BCUT2D eigenvalue weighted by Gasteiger charge is 2.13. The van der Waals surface area contributed by atoms with Gasteiger partial charge in [0.1, 0.15) is 0 Å². The average Bonchev–Trinajstić information content (AvgIpc) is 3.14. The maximum Gasteiger partial charge on any atom is 0.252 e. The number of amides is 1. The van der Waals surface area contributed by atoms with Gasteiger partial charge in [-0.25, -0.2) is 9.50 Å². The fourth-order valence-corrected chi connectivity index (χ4v) is 2.93. The summed E-state index contributed by atoms with van der Waals surface area (Å²) in [5.41, 5.74) is 9.00. The highest BCUT2D eigenvalue weighted by Crippen LogP contribution is 2.23. The summed E-state index contributed by atoms with van der Waals surface area (Å²) < 4.78 is 1.59. The van der Waals surface area contributed by atoms with Crippen LogP contribution in [0.4, 0.5) is 5.69 Å². The van der Waals surface area contributed by atoms with E-state index in [-0.39, 0.29) is 0 Å². The molecule has 0 aliphatic rings. The van der Waals surface area contributed by atoms with Gasteiger partial charge in [0.2, 0.25) is 6.33 Å². The van der Waals surface area contributed by atoms with E-state index >= 15 is 0 Å². The van der Waals surface area contributed by atoms with Gasteiger partial charge >= 0.3 is 0 Å². The number of benzene rings is 1. The molecule has 3 aromatic rings. The zero-order valence-corrected chi connectivity index (χ0v) is 15.1. The molecule has 1 aromatic carbocycles. The molecule has 1 amide bonds. The molecule has 0 spiro atoms. The fourth-order valence-electron chi connectivity index (χ4n) is 2.93. The van der Waals surface area contributed by atoms with Crippen LogP contribution in [0.2, 0.25) is 0 Å². The maximum atomic E-state index is 11.5. The van der Waals surface area contributed by atoms with Crippen LogP contribution >= 0.6 is 0 Å². The molecular weight excluding hydrogens is 328 g/mol. The predicted octanol–water partition coefficient (Wildman–Crippen LogP) is 2.05. The first-order chi connectivity index (χ1) is 12.6. The van der Waals surface area contributed by atoms with Gasteiger partial charge in [-0.2, -0.15) is 0 Å². The molecule has 135 valence electrons. The quantitative estimate of drug-likeness (QED) is 0.648. The van der Waals surface area contributed by atoms with Crippen LogP contribution in [-0.2, 0) is 0 Å². The predicted molar refractivity (Wildman–Crippen MR) is 102 cm³/mol. The molecule has 26 heavy (non-hydrogen) atoms. The summed E-state index contributed by atoms with van der Waals surface area (Å²) >= 11 is 0. The minimum atomic E-state index is -0.532. The van der Waals surface area contributed by atoms with Gasteiger partial charge in [-0.1, -0.05) is 26.0 Å². The summed E-state index contributed by atoms with van der Waals surface area (Å²) in [6.07, 6.45) is 2.54. The van der Waals surface area contributed by atoms with E-state index in [2.05, 4.69) is 40.5 Å². The second-order valence-electron chi connectivity index (χ2n) is 5.97. The Labute approximate surface area is 152 Å². The molecule has 7 nitrogen and oxygen atoms in total. The Bertz CT molecular complexity index is 883. The van der Waals surface area contributed by atoms with E-state index in [0.717, 1.165) is 43.1 Å². The van der Waals surface area contributed by atoms with Crippen LogP contribution in [0.5, 0.6) is 0 Å². The number of likely N-dealkylation sites (N-methyl/N-ethyl adjacent to an activating group) is 1. The van der Waals surface area contributed by atoms with E-state index in [0.29, 0.717) is 11.2 Å². The zero-order valence-electron chi connectivity index (χ0n) is 15.1. The lowest BCUT2D eigenvalue weighted by atomic mass is 10.1. The number of nitrogens with zero attached hydrogens (tertiary/aromatic N) is 4. The molecule has 0 atom stereocenters. The van der Waals surface area contributed by atoms with E-state index in [1.54, 1.807) is 10.6 Å². The number of carbonyl (C=O) groups is 1. The van der Waals surface area contributed by atoms with Crippen LogP contribution in [0.1, 0.15) is 24.2 Å². The summed E-state index contributed by atoms with van der Waals surface area (Å²) in [4.78, 5) is 17.9. The van der Waals surface area contributed by atoms with Gasteiger partial charge in [-0.3, -0.25) is 4.79 Å². The van der Waals surface area contributed by atoms with Crippen molar-refractivity contribution in [2.75, 3.05) is 31.5 Å². The van der Waals surface area contributed by atoms with E-state index in [1.165, 1.54) is 0 Å². The maximum absolute atomic E-state index is 11.5. The minimum absolute atomic E-state index is 0.331. The summed E-state index contributed by atoms with van der Waals surface area (Å²) in [6.45, 7) is 8.37. The number of rotatable bonds is 8. The molecule has 0 aliphatic heterocycles. The van der Waals surface area contributed by atoms with Gasteiger partial charge in [0, 0.05) is 24.3 Å². The first-order valence-corrected chi connectivity index (χ1v) is 8.76. The second kappa shape index (κ2) is 7.97. The Balaban J connectivity index is 1.77. The molecular formula is C19H23N6O. The number of nitrogens with two attached hydrogens (primary N) is 1. The zero-order chi connectivity index (χ0) is 18.5. The molecule has 0 saturated carbocycles. The standard InChI is InChI=1S/C19H23N6O/c1-3-24(4-2)12-11-21-15-7-5-14(6-8-15)17-10-9-16(18(20)26)19-22-13-23-25(17)19/h5-10,21H,3-4,11-12H2,1-2H3,(H2,20,26). The number of pyridine rings is 1. The van der Waals surface area contributed by atoms with Crippen LogP contribution in [-0.4, -0.2) is 51.6 Å². The number of hydrogen-bond donors (Lipinski definition) is 2. The summed E-state index contributed by atoms with van der Waals surface area (Å²) in [5.74, 6) is -0.532. The number of anilines is 1. The Morgan fingerprint density at radius 3 is 2.58 bits per heavy atom. The van der Waals surface area contributed by atoms with Crippen LogP contribution in [0, 0.1) is 6.33 Å². The van der Waals surface area contributed by atoms with Crippen LogP contribution in [0.3, 0.4) is 0 Å². The summed E-state index contributed by atoms with van der Waals surface area (Å²) in [7, 11) is 0. The lowest BCUT2D eigenvalue weighted by Crippen LogP contribution is -2.28. The minimum Gasteiger partial charge on any atom is -0.384 e. The van der Waals surface area contributed by atoms with Crippen molar-refractivity contribution >= 4 is 17.2 Å². The first-order valence-electron chi connectivity index (χ1n) is 8.76. The Morgan fingerprint density at radius 2 is 1.92 bits per heavy atom. The van der Waals surface area contributed by atoms with Crippen molar-refractivity contribution < 1.29 is 4.79 Å². The smallest absolute Gasteiger partial charge is 0.252 e. The summed E-state index contributed by atoms with van der Waals surface area (Å²) in [5, 5.41) is 7.53. The third-order valence-electron chi connectivity index (χ3n) is 4.48. The van der Waals surface area contributed by atoms with Crippen molar-refractivity contribution in [2.24, 2.45) is 5.73 Å². The molecule has 0 fully saturated rings. The van der Waals surface area contributed by atoms with E-state index < -0.39 is 5.91 Å². The highest BCUT2D eigenvalue weighted by molar-refractivity contribution is 5.99. The van der Waals surface area contributed by atoms with Gasteiger partial charge in [0.05, 0.1) is 11.3 Å². The molecule has 0 saturated heterocycles. The van der Waals surface area contributed by atoms with Crippen LogP contribution in [0.25, 0.3) is 16.9 Å². The fraction of sp³-hybridized carbons (Fsp3) is 0.316. The Morgan fingerprint density at radius 1 is 1.19 bits per heavy atom. The molecule has 1 radical (unpaired) electrons. The van der Waals surface area contributed by atoms with Crippen molar-refractivity contribution in [3.63, 3.8) is 0 Å². The van der Waals surface area contributed by atoms with Crippen molar-refractivity contribution in [2.45, 2.75) is 13.8 Å². The van der Waals surface area contributed by atoms with Gasteiger partial charge in [0.25, 0.3) is 5.91 Å². The van der Waals surface area contributed by atoms with E-state index in [9.17, 15) is 4.79 Å². The Hall–Kier alpha value is -2.93. The number of nitrogens with one attached hydrogen (secondary N) is 1. The SMILES string of the molecule is CCN(CC)CCNc1ccc(-c2ccc(C(N)=O)c3n[c]nn23)cc1. The lowest BCUT2D eigenvalue weighted by Gasteiger charge is -2.18. The van der Waals surface area contributed by atoms with Gasteiger partial charge < -0.3 is 16.0 Å². The number of carbonyl (C=O) groups excluding carboxylic acids is 1. The molecule has 0 bridgehead atoms. The second-order valence-corrected chi connectivity index (χ2v) is 5.97. The number of fused-ring (bicyclic) bond motifs is 1. The van der Waals surface area contributed by atoms with Crippen molar-refractivity contribution in [1.29, 1.82) is 0 Å². The van der Waals surface area contributed by atoms with Crippen molar-refractivity contribution in [3.8, 4) is 11.3 Å². The Kier molecular flexibility index (Phi) is 5.48. The topological polar surface area (TPSA) is 88.5 Å². The van der Waals surface area contributed by atoms with Crippen LogP contribution in [0.15, 0.2) is 36.4 Å². The monoisotopic (exact) mass is 351 g/mol. The molecule has 0 aliphatic carbocycles. The largest absolute Gasteiger partial charge is 0.384 e. The van der Waals surface area contributed by atoms with Crippen molar-refractivity contribution in [1.82, 2.24) is 19.5 Å².